The van der Waals surface area contributed by atoms with Crippen LogP contribution < -0.4 is 10.6 Å². The highest BCUT2D eigenvalue weighted by molar-refractivity contribution is 5.82. The lowest BCUT2D eigenvalue weighted by Crippen LogP contribution is -2.48. The van der Waals surface area contributed by atoms with Crippen molar-refractivity contribution in [3.63, 3.8) is 0 Å². The predicted octanol–water partition coefficient (Wildman–Crippen LogP) is 1.60. The molecule has 1 fully saturated rings. The van der Waals surface area contributed by atoms with Gasteiger partial charge in [-0.15, -0.1) is 0 Å². The van der Waals surface area contributed by atoms with Gasteiger partial charge in [0.2, 0.25) is 5.91 Å². The maximum atomic E-state index is 12.2. The predicted molar refractivity (Wildman–Crippen MR) is 75.2 cm³/mol. The molecule has 1 aromatic carbocycles. The molecule has 0 radical (unpaired) electrons. The van der Waals surface area contributed by atoms with Crippen molar-refractivity contribution in [3.8, 4) is 0 Å². The summed E-state index contributed by atoms with van der Waals surface area (Å²) in [6.07, 6.45) is 1.88. The number of hydrogen-bond donors (Lipinski definition) is 2. The Hall–Kier alpha value is -1.95. The van der Waals surface area contributed by atoms with Crippen molar-refractivity contribution in [1.29, 1.82) is 0 Å². The fraction of sp³-hybridized carbons (Fsp3) is 0.500. The van der Waals surface area contributed by atoms with E-state index in [9.17, 15) is 14.9 Å². The third kappa shape index (κ3) is 3.33. The SMILES string of the molecule is CC1(C(=O)NCc2ccc([N+](=O)[O-])cc2)CCCNC1. The van der Waals surface area contributed by atoms with Gasteiger partial charge in [0.25, 0.3) is 5.69 Å². The number of piperidine rings is 1. The molecule has 6 nitrogen and oxygen atoms in total. The van der Waals surface area contributed by atoms with Crippen LogP contribution >= 0.6 is 0 Å². The van der Waals surface area contributed by atoms with Gasteiger partial charge in [-0.05, 0) is 31.9 Å². The van der Waals surface area contributed by atoms with E-state index in [1.165, 1.54) is 12.1 Å². The zero-order valence-corrected chi connectivity index (χ0v) is 11.5. The molecular weight excluding hydrogens is 258 g/mol. The molecule has 1 unspecified atom stereocenters. The standard InChI is InChI=1S/C14H19N3O3/c1-14(7-2-8-15-10-14)13(18)16-9-11-3-5-12(6-4-11)17(19)20/h3-6,15H,2,7-10H2,1H3,(H,16,18). The molecule has 2 rings (SSSR count). The fourth-order valence-corrected chi connectivity index (χ4v) is 2.38. The number of benzene rings is 1. The molecule has 1 aliphatic rings. The van der Waals surface area contributed by atoms with E-state index in [4.69, 9.17) is 0 Å². The molecule has 0 spiro atoms. The van der Waals surface area contributed by atoms with Gasteiger partial charge in [0.15, 0.2) is 0 Å². The normalized spacial score (nSPS) is 22.2. The van der Waals surface area contributed by atoms with Gasteiger partial charge in [0.05, 0.1) is 10.3 Å². The smallest absolute Gasteiger partial charge is 0.269 e. The Bertz CT molecular complexity index is 493. The molecule has 0 aliphatic carbocycles. The maximum Gasteiger partial charge on any atom is 0.269 e. The maximum absolute atomic E-state index is 12.2. The van der Waals surface area contributed by atoms with Crippen molar-refractivity contribution in [2.45, 2.75) is 26.3 Å². The van der Waals surface area contributed by atoms with Gasteiger partial charge in [0.1, 0.15) is 0 Å². The Kier molecular flexibility index (Phi) is 4.34. The molecule has 0 aromatic heterocycles. The van der Waals surface area contributed by atoms with Crippen LogP contribution in [0.1, 0.15) is 25.3 Å². The lowest BCUT2D eigenvalue weighted by Gasteiger charge is -2.32. The van der Waals surface area contributed by atoms with Crippen LogP contribution in [-0.2, 0) is 11.3 Å². The summed E-state index contributed by atoms with van der Waals surface area (Å²) in [7, 11) is 0. The van der Waals surface area contributed by atoms with Crippen LogP contribution in [0.4, 0.5) is 5.69 Å². The third-order valence-electron chi connectivity index (χ3n) is 3.75. The summed E-state index contributed by atoms with van der Waals surface area (Å²) in [5.41, 5.74) is 0.554. The van der Waals surface area contributed by atoms with Crippen LogP contribution in [0.3, 0.4) is 0 Å². The van der Waals surface area contributed by atoms with Crippen LogP contribution in [0.5, 0.6) is 0 Å². The molecule has 1 aromatic rings. The number of rotatable bonds is 4. The second kappa shape index (κ2) is 6.00. The Labute approximate surface area is 117 Å². The van der Waals surface area contributed by atoms with Crippen molar-refractivity contribution >= 4 is 11.6 Å². The first-order valence-electron chi connectivity index (χ1n) is 6.74. The molecule has 1 amide bonds. The van der Waals surface area contributed by atoms with Gasteiger partial charge >= 0.3 is 0 Å². The molecule has 108 valence electrons. The van der Waals surface area contributed by atoms with Crippen molar-refractivity contribution in [2.24, 2.45) is 5.41 Å². The molecule has 2 N–H and O–H groups in total. The number of carbonyl (C=O) groups excluding carboxylic acids is 1. The zero-order chi connectivity index (χ0) is 14.6. The summed E-state index contributed by atoms with van der Waals surface area (Å²) in [5.74, 6) is 0.0306. The van der Waals surface area contributed by atoms with Gasteiger partial charge in [0, 0.05) is 25.2 Å². The number of amides is 1. The van der Waals surface area contributed by atoms with E-state index in [-0.39, 0.29) is 17.0 Å². The molecule has 0 bridgehead atoms. The Morgan fingerprint density at radius 3 is 2.70 bits per heavy atom. The number of nitrogens with one attached hydrogen (secondary N) is 2. The largest absolute Gasteiger partial charge is 0.352 e. The van der Waals surface area contributed by atoms with E-state index in [2.05, 4.69) is 10.6 Å². The number of nitrogens with zero attached hydrogens (tertiary/aromatic N) is 1. The Morgan fingerprint density at radius 2 is 2.15 bits per heavy atom. The van der Waals surface area contributed by atoms with Crippen LogP contribution in [0, 0.1) is 15.5 Å². The summed E-state index contributed by atoms with van der Waals surface area (Å²) in [6.45, 7) is 4.01. The molecule has 1 aliphatic heterocycles. The number of carbonyl (C=O) groups is 1. The topological polar surface area (TPSA) is 84.3 Å². The van der Waals surface area contributed by atoms with Crippen LogP contribution in [0.25, 0.3) is 0 Å². The monoisotopic (exact) mass is 277 g/mol. The van der Waals surface area contributed by atoms with E-state index in [0.717, 1.165) is 24.9 Å². The summed E-state index contributed by atoms with van der Waals surface area (Å²) < 4.78 is 0. The Balaban J connectivity index is 1.91. The molecule has 1 saturated heterocycles. The zero-order valence-electron chi connectivity index (χ0n) is 11.5. The number of hydrogen-bond acceptors (Lipinski definition) is 4. The van der Waals surface area contributed by atoms with E-state index < -0.39 is 4.92 Å². The number of nitro groups is 1. The first kappa shape index (κ1) is 14.5. The van der Waals surface area contributed by atoms with Crippen molar-refractivity contribution < 1.29 is 9.72 Å². The van der Waals surface area contributed by atoms with Gasteiger partial charge in [-0.2, -0.15) is 0 Å². The van der Waals surface area contributed by atoms with E-state index >= 15 is 0 Å². The average molecular weight is 277 g/mol. The molecule has 1 atom stereocenters. The quantitative estimate of drug-likeness (QED) is 0.646. The lowest BCUT2D eigenvalue weighted by molar-refractivity contribution is -0.384. The Morgan fingerprint density at radius 1 is 1.45 bits per heavy atom. The molecule has 1 heterocycles. The van der Waals surface area contributed by atoms with Crippen LogP contribution in [0.15, 0.2) is 24.3 Å². The van der Waals surface area contributed by atoms with E-state index in [1.54, 1.807) is 12.1 Å². The highest BCUT2D eigenvalue weighted by Crippen LogP contribution is 2.25. The first-order chi connectivity index (χ1) is 9.51. The summed E-state index contributed by atoms with van der Waals surface area (Å²) in [6, 6.07) is 6.23. The second-order valence-electron chi connectivity index (χ2n) is 5.45. The minimum absolute atomic E-state index is 0.0306. The number of non-ortho nitro benzene ring substituents is 1. The van der Waals surface area contributed by atoms with E-state index in [1.807, 2.05) is 6.92 Å². The summed E-state index contributed by atoms with van der Waals surface area (Å²) >= 11 is 0. The molecule has 0 saturated carbocycles. The number of nitro benzene ring substituents is 1. The highest BCUT2D eigenvalue weighted by atomic mass is 16.6. The van der Waals surface area contributed by atoms with Gasteiger partial charge in [-0.25, -0.2) is 0 Å². The molecule has 6 heteroatoms. The second-order valence-corrected chi connectivity index (χ2v) is 5.45. The van der Waals surface area contributed by atoms with Gasteiger partial charge < -0.3 is 10.6 Å². The summed E-state index contributed by atoms with van der Waals surface area (Å²) in [4.78, 5) is 22.3. The lowest BCUT2D eigenvalue weighted by atomic mass is 9.82. The van der Waals surface area contributed by atoms with Crippen LogP contribution in [-0.4, -0.2) is 23.9 Å². The minimum Gasteiger partial charge on any atom is -0.352 e. The van der Waals surface area contributed by atoms with Crippen LogP contribution in [0.2, 0.25) is 0 Å². The first-order valence-corrected chi connectivity index (χ1v) is 6.74. The average Bonchev–Trinajstić information content (AvgIpc) is 2.46. The van der Waals surface area contributed by atoms with Gasteiger partial charge in [-0.1, -0.05) is 12.1 Å². The fourth-order valence-electron chi connectivity index (χ4n) is 2.38. The van der Waals surface area contributed by atoms with Crippen molar-refractivity contribution in [2.75, 3.05) is 13.1 Å². The molecular formula is C14H19N3O3. The molecule has 20 heavy (non-hydrogen) atoms. The summed E-state index contributed by atoms with van der Waals surface area (Å²) in [5, 5.41) is 16.7. The minimum atomic E-state index is -0.433. The van der Waals surface area contributed by atoms with E-state index in [0.29, 0.717) is 13.1 Å². The van der Waals surface area contributed by atoms with Crippen molar-refractivity contribution in [3.05, 3.63) is 39.9 Å². The van der Waals surface area contributed by atoms with Crippen molar-refractivity contribution in [1.82, 2.24) is 10.6 Å². The third-order valence-corrected chi connectivity index (χ3v) is 3.75. The van der Waals surface area contributed by atoms with Gasteiger partial charge in [-0.3, -0.25) is 14.9 Å². The highest BCUT2D eigenvalue weighted by Gasteiger charge is 2.34.